The number of hydrogen-bond donors (Lipinski definition) is 1. The Morgan fingerprint density at radius 2 is 1.93 bits per heavy atom. The van der Waals surface area contributed by atoms with Gasteiger partial charge in [-0.05, 0) is 48.9 Å². The molecule has 3 rings (SSSR count). The smallest absolute Gasteiger partial charge is 0.212 e. The Morgan fingerprint density at radius 3 is 2.63 bits per heavy atom. The van der Waals surface area contributed by atoms with Gasteiger partial charge in [-0.2, -0.15) is 0 Å². The number of para-hydroxylation sites is 1. The van der Waals surface area contributed by atoms with E-state index in [1.807, 2.05) is 42.5 Å². The molecule has 1 aromatic carbocycles. The summed E-state index contributed by atoms with van der Waals surface area (Å²) in [7, 11) is -3.43. The number of sulfonamides is 1. The third kappa shape index (κ3) is 6.30. The van der Waals surface area contributed by atoms with E-state index in [0.29, 0.717) is 26.2 Å². The minimum Gasteiger partial charge on any atom is -0.494 e. The topological polar surface area (TPSA) is 77.5 Å². The van der Waals surface area contributed by atoms with Crippen molar-refractivity contribution in [3.05, 3.63) is 60.4 Å². The summed E-state index contributed by atoms with van der Waals surface area (Å²) in [6, 6.07) is 12.9. The highest BCUT2D eigenvalue weighted by atomic mass is 32.2. The molecule has 1 aromatic heterocycles. The maximum Gasteiger partial charge on any atom is 0.212 e. The van der Waals surface area contributed by atoms with Gasteiger partial charge in [-0.25, -0.2) is 13.1 Å². The number of rotatable bonds is 9. The molecule has 1 aliphatic rings. The number of aromatic nitrogens is 1. The largest absolute Gasteiger partial charge is 0.494 e. The van der Waals surface area contributed by atoms with Gasteiger partial charge >= 0.3 is 0 Å². The maximum atomic E-state index is 12.6. The summed E-state index contributed by atoms with van der Waals surface area (Å²) in [5.74, 6) is 0.983. The van der Waals surface area contributed by atoms with Crippen molar-refractivity contribution >= 4 is 10.0 Å². The highest BCUT2D eigenvalue weighted by Gasteiger charge is 2.29. The van der Waals surface area contributed by atoms with E-state index < -0.39 is 10.0 Å². The lowest BCUT2D eigenvalue weighted by molar-refractivity contribution is 0.0564. The SMILES string of the molecule is O=S(=O)(CCCOc1ccccc1)NC(c1cccnc1)C1CCOCC1. The molecule has 0 bridgehead atoms. The second-order valence-electron chi connectivity index (χ2n) is 6.67. The Bertz CT molecular complexity index is 778. The van der Waals surface area contributed by atoms with Crippen molar-refractivity contribution in [3.63, 3.8) is 0 Å². The lowest BCUT2D eigenvalue weighted by Crippen LogP contribution is -2.37. The fraction of sp³-hybridized carbons (Fsp3) is 0.450. The second kappa shape index (κ2) is 9.82. The zero-order valence-electron chi connectivity index (χ0n) is 15.3. The van der Waals surface area contributed by atoms with Crippen molar-refractivity contribution < 1.29 is 17.9 Å². The van der Waals surface area contributed by atoms with Crippen LogP contribution >= 0.6 is 0 Å². The summed E-state index contributed by atoms with van der Waals surface area (Å²) in [4.78, 5) is 4.15. The Hall–Kier alpha value is -1.96. The molecule has 1 fully saturated rings. The van der Waals surface area contributed by atoms with Gasteiger partial charge < -0.3 is 9.47 Å². The molecular weight excluding hydrogens is 364 g/mol. The first-order chi connectivity index (χ1) is 13.1. The Labute approximate surface area is 161 Å². The number of ether oxygens (including phenoxy) is 2. The lowest BCUT2D eigenvalue weighted by Gasteiger charge is -2.31. The van der Waals surface area contributed by atoms with Crippen LogP contribution in [-0.4, -0.2) is 39.0 Å². The fourth-order valence-electron chi connectivity index (χ4n) is 3.25. The van der Waals surface area contributed by atoms with Crippen LogP contribution in [0.1, 0.15) is 30.9 Å². The van der Waals surface area contributed by atoms with Gasteiger partial charge in [-0.3, -0.25) is 4.98 Å². The molecule has 1 unspecified atom stereocenters. The van der Waals surface area contributed by atoms with Crippen LogP contribution in [0.15, 0.2) is 54.9 Å². The van der Waals surface area contributed by atoms with Crippen molar-refractivity contribution in [1.82, 2.24) is 9.71 Å². The van der Waals surface area contributed by atoms with Crippen molar-refractivity contribution in [2.24, 2.45) is 5.92 Å². The number of benzene rings is 1. The van der Waals surface area contributed by atoms with E-state index >= 15 is 0 Å². The first-order valence-electron chi connectivity index (χ1n) is 9.29. The van der Waals surface area contributed by atoms with E-state index in [0.717, 1.165) is 24.2 Å². The van der Waals surface area contributed by atoms with Gasteiger partial charge in [0.05, 0.1) is 18.4 Å². The molecular formula is C20H26N2O4S. The van der Waals surface area contributed by atoms with E-state index in [2.05, 4.69) is 9.71 Å². The summed E-state index contributed by atoms with van der Waals surface area (Å²) in [6.45, 7) is 1.68. The number of hydrogen-bond acceptors (Lipinski definition) is 5. The summed E-state index contributed by atoms with van der Waals surface area (Å²) >= 11 is 0. The Balaban J connectivity index is 1.58. The Morgan fingerprint density at radius 1 is 1.15 bits per heavy atom. The summed E-state index contributed by atoms with van der Waals surface area (Å²) in [5.41, 5.74) is 0.897. The molecule has 1 saturated heterocycles. The second-order valence-corrected chi connectivity index (χ2v) is 8.54. The normalized spacial score (nSPS) is 16.7. The quantitative estimate of drug-likeness (QED) is 0.666. The zero-order valence-corrected chi connectivity index (χ0v) is 16.1. The molecule has 0 amide bonds. The molecule has 6 nitrogen and oxygen atoms in total. The lowest BCUT2D eigenvalue weighted by atomic mass is 9.88. The molecule has 0 aliphatic carbocycles. The van der Waals surface area contributed by atoms with Gasteiger partial charge in [0.25, 0.3) is 0 Å². The van der Waals surface area contributed by atoms with E-state index in [1.165, 1.54) is 0 Å². The van der Waals surface area contributed by atoms with Crippen LogP contribution in [0.25, 0.3) is 0 Å². The molecule has 0 radical (unpaired) electrons. The minimum atomic E-state index is -3.43. The standard InChI is InChI=1S/C20H26N2O4S/c23-27(24,15-5-12-26-19-7-2-1-3-8-19)22-20(17-9-13-25-14-10-17)18-6-4-11-21-16-18/h1-4,6-8,11,16-17,20,22H,5,9-10,12-15H2. The molecule has 1 aliphatic heterocycles. The molecule has 146 valence electrons. The molecule has 0 spiro atoms. The zero-order chi connectivity index (χ0) is 19.0. The average Bonchev–Trinajstić information content (AvgIpc) is 2.72. The fourth-order valence-corrected chi connectivity index (χ4v) is 4.58. The predicted molar refractivity (Wildman–Crippen MR) is 104 cm³/mol. The van der Waals surface area contributed by atoms with Gasteiger partial charge in [0.1, 0.15) is 5.75 Å². The van der Waals surface area contributed by atoms with E-state index in [9.17, 15) is 8.42 Å². The first kappa shape index (κ1) is 19.8. The number of nitrogens with zero attached hydrogens (tertiary/aromatic N) is 1. The minimum absolute atomic E-state index is 0.0276. The molecule has 2 heterocycles. The van der Waals surface area contributed by atoms with Crippen molar-refractivity contribution in [2.75, 3.05) is 25.6 Å². The molecule has 1 N–H and O–H groups in total. The van der Waals surface area contributed by atoms with Crippen LogP contribution in [0.4, 0.5) is 0 Å². The van der Waals surface area contributed by atoms with Gasteiger partial charge in [-0.15, -0.1) is 0 Å². The van der Waals surface area contributed by atoms with Crippen LogP contribution in [0.3, 0.4) is 0 Å². The first-order valence-corrected chi connectivity index (χ1v) is 10.9. The van der Waals surface area contributed by atoms with Crippen LogP contribution in [0.5, 0.6) is 5.75 Å². The maximum absolute atomic E-state index is 12.6. The summed E-state index contributed by atoms with van der Waals surface area (Å²) in [5, 5.41) is 0. The van der Waals surface area contributed by atoms with E-state index in [-0.39, 0.29) is 17.7 Å². The summed E-state index contributed by atoms with van der Waals surface area (Å²) < 4.78 is 39.2. The average molecular weight is 391 g/mol. The van der Waals surface area contributed by atoms with Crippen LogP contribution < -0.4 is 9.46 Å². The van der Waals surface area contributed by atoms with Gasteiger partial charge in [0.15, 0.2) is 0 Å². The molecule has 2 aromatic rings. The summed E-state index contributed by atoms with van der Waals surface area (Å²) in [6.07, 6.45) is 5.53. The van der Waals surface area contributed by atoms with Gasteiger partial charge in [0.2, 0.25) is 10.0 Å². The molecule has 7 heteroatoms. The molecule has 1 atom stereocenters. The van der Waals surface area contributed by atoms with Crippen LogP contribution in [0, 0.1) is 5.92 Å². The van der Waals surface area contributed by atoms with Crippen molar-refractivity contribution in [3.8, 4) is 5.75 Å². The highest BCUT2D eigenvalue weighted by molar-refractivity contribution is 7.89. The van der Waals surface area contributed by atoms with Gasteiger partial charge in [-0.1, -0.05) is 24.3 Å². The van der Waals surface area contributed by atoms with Crippen LogP contribution in [0.2, 0.25) is 0 Å². The monoisotopic (exact) mass is 390 g/mol. The van der Waals surface area contributed by atoms with Crippen molar-refractivity contribution in [2.45, 2.75) is 25.3 Å². The third-order valence-electron chi connectivity index (χ3n) is 4.66. The highest BCUT2D eigenvalue weighted by Crippen LogP contribution is 2.30. The third-order valence-corrected chi connectivity index (χ3v) is 6.10. The van der Waals surface area contributed by atoms with E-state index in [1.54, 1.807) is 12.4 Å². The number of pyridine rings is 1. The Kier molecular flexibility index (Phi) is 7.20. The predicted octanol–water partition coefficient (Wildman–Crippen LogP) is 2.94. The van der Waals surface area contributed by atoms with Crippen molar-refractivity contribution in [1.29, 1.82) is 0 Å². The molecule has 27 heavy (non-hydrogen) atoms. The number of nitrogens with one attached hydrogen (secondary N) is 1. The van der Waals surface area contributed by atoms with Crippen LogP contribution in [-0.2, 0) is 14.8 Å². The molecule has 0 saturated carbocycles. The van der Waals surface area contributed by atoms with E-state index in [4.69, 9.17) is 9.47 Å². The van der Waals surface area contributed by atoms with Gasteiger partial charge in [0, 0.05) is 25.6 Å².